The molecule has 0 spiro atoms. The van der Waals surface area contributed by atoms with Gasteiger partial charge in [-0.05, 0) is 5.56 Å². The van der Waals surface area contributed by atoms with E-state index in [9.17, 15) is 0 Å². The first kappa shape index (κ1) is 7.95. The van der Waals surface area contributed by atoms with Crippen molar-refractivity contribution in [1.82, 2.24) is 0 Å². The minimum absolute atomic E-state index is 0.332. The zero-order chi connectivity index (χ0) is 8.39. The van der Waals surface area contributed by atoms with E-state index in [1.54, 1.807) is 11.8 Å². The van der Waals surface area contributed by atoms with Gasteiger partial charge in [0.15, 0.2) is 4.32 Å². The molecule has 1 aliphatic rings. The molecule has 12 heavy (non-hydrogen) atoms. The van der Waals surface area contributed by atoms with E-state index in [0.717, 1.165) is 4.32 Å². The maximum Gasteiger partial charge on any atom is 0.160 e. The van der Waals surface area contributed by atoms with Crippen LogP contribution in [0.4, 0.5) is 0 Å². The van der Waals surface area contributed by atoms with Crippen LogP contribution in [0.15, 0.2) is 35.3 Å². The summed E-state index contributed by atoms with van der Waals surface area (Å²) in [4.78, 5) is 4.06. The molecule has 0 fully saturated rings. The molecule has 0 radical (unpaired) electrons. The van der Waals surface area contributed by atoms with Gasteiger partial charge in [0.05, 0.1) is 5.25 Å². The monoisotopic (exact) mass is 193 g/mol. The summed E-state index contributed by atoms with van der Waals surface area (Å²) in [6.07, 6.45) is 1.91. The third-order valence-electron chi connectivity index (χ3n) is 1.67. The predicted octanol–water partition coefficient (Wildman–Crippen LogP) is 2.83. The normalized spacial score (nSPS) is 21.7. The first-order valence-corrected chi connectivity index (χ1v) is 4.95. The Morgan fingerprint density at radius 3 is 2.58 bits per heavy atom. The lowest BCUT2D eigenvalue weighted by molar-refractivity contribution is 1.34. The highest BCUT2D eigenvalue weighted by atomic mass is 32.2. The van der Waals surface area contributed by atoms with Gasteiger partial charge in [-0.3, -0.25) is 0 Å². The zero-order valence-corrected chi connectivity index (χ0v) is 7.94. The molecule has 2 rings (SSSR count). The standard InChI is InChI=1S/C9H7NS2/c11-9-10-6-8(12-9)7-4-2-1-3-5-7/h1-6,8H. The second kappa shape index (κ2) is 3.37. The van der Waals surface area contributed by atoms with Crippen LogP contribution in [0, 0.1) is 0 Å². The fourth-order valence-electron chi connectivity index (χ4n) is 1.09. The third-order valence-corrected chi connectivity index (χ3v) is 3.02. The number of rotatable bonds is 1. The second-order valence-electron chi connectivity index (χ2n) is 2.49. The lowest BCUT2D eigenvalue weighted by Gasteiger charge is -2.03. The van der Waals surface area contributed by atoms with Gasteiger partial charge in [0.1, 0.15) is 0 Å². The van der Waals surface area contributed by atoms with Crippen molar-refractivity contribution in [2.24, 2.45) is 4.99 Å². The van der Waals surface area contributed by atoms with E-state index < -0.39 is 0 Å². The number of hydrogen-bond acceptors (Lipinski definition) is 2. The molecule has 1 unspecified atom stereocenters. The summed E-state index contributed by atoms with van der Waals surface area (Å²) in [6, 6.07) is 10.3. The Kier molecular flexibility index (Phi) is 2.23. The molecule has 0 aliphatic carbocycles. The molecular weight excluding hydrogens is 186 g/mol. The van der Waals surface area contributed by atoms with Crippen LogP contribution in [0.1, 0.15) is 10.8 Å². The van der Waals surface area contributed by atoms with Crippen molar-refractivity contribution < 1.29 is 0 Å². The van der Waals surface area contributed by atoms with Gasteiger partial charge in [-0.25, -0.2) is 4.99 Å². The molecule has 0 saturated carbocycles. The molecule has 1 aromatic carbocycles. The van der Waals surface area contributed by atoms with Gasteiger partial charge in [0, 0.05) is 6.21 Å². The molecule has 0 amide bonds. The summed E-state index contributed by atoms with van der Waals surface area (Å²) in [7, 11) is 0. The van der Waals surface area contributed by atoms with Crippen LogP contribution in [0.5, 0.6) is 0 Å². The molecule has 1 heterocycles. The van der Waals surface area contributed by atoms with E-state index in [0.29, 0.717) is 5.25 Å². The molecule has 1 nitrogen and oxygen atoms in total. The minimum Gasteiger partial charge on any atom is -0.241 e. The summed E-state index contributed by atoms with van der Waals surface area (Å²) in [6.45, 7) is 0. The quantitative estimate of drug-likeness (QED) is 0.636. The first-order valence-electron chi connectivity index (χ1n) is 3.66. The zero-order valence-electron chi connectivity index (χ0n) is 6.31. The Balaban J connectivity index is 2.23. The van der Waals surface area contributed by atoms with Crippen molar-refractivity contribution in [2.45, 2.75) is 5.25 Å². The molecule has 1 aromatic rings. The van der Waals surface area contributed by atoms with Crippen LogP contribution in [0.25, 0.3) is 0 Å². The smallest absolute Gasteiger partial charge is 0.160 e. The number of thioether (sulfide) groups is 1. The average Bonchev–Trinajstić information content (AvgIpc) is 2.54. The van der Waals surface area contributed by atoms with Gasteiger partial charge >= 0.3 is 0 Å². The molecule has 0 N–H and O–H groups in total. The van der Waals surface area contributed by atoms with Gasteiger partial charge in [-0.15, -0.1) is 0 Å². The largest absolute Gasteiger partial charge is 0.241 e. The number of nitrogens with zero attached hydrogens (tertiary/aromatic N) is 1. The number of aliphatic imine (C=N–C) groups is 1. The van der Waals surface area contributed by atoms with Crippen LogP contribution in [-0.4, -0.2) is 10.5 Å². The SMILES string of the molecule is S=C1N=CC(c2ccccc2)S1. The van der Waals surface area contributed by atoms with Crippen LogP contribution in [-0.2, 0) is 0 Å². The Morgan fingerprint density at radius 2 is 2.00 bits per heavy atom. The van der Waals surface area contributed by atoms with Crippen molar-refractivity contribution in [1.29, 1.82) is 0 Å². The Hall–Kier alpha value is -0.670. The summed E-state index contributed by atoms with van der Waals surface area (Å²) >= 11 is 6.59. The molecule has 3 heteroatoms. The Bertz CT molecular complexity index is 319. The molecule has 0 bridgehead atoms. The number of benzene rings is 1. The fraction of sp³-hybridized carbons (Fsp3) is 0.111. The molecule has 0 saturated heterocycles. The highest BCUT2D eigenvalue weighted by Crippen LogP contribution is 2.32. The molecular formula is C9H7NS2. The van der Waals surface area contributed by atoms with Crippen LogP contribution in [0.3, 0.4) is 0 Å². The van der Waals surface area contributed by atoms with Gasteiger partial charge in [0.2, 0.25) is 0 Å². The number of hydrogen-bond donors (Lipinski definition) is 0. The summed E-state index contributed by atoms with van der Waals surface area (Å²) in [5.74, 6) is 0. The highest BCUT2D eigenvalue weighted by molar-refractivity contribution is 8.24. The van der Waals surface area contributed by atoms with Crippen LogP contribution < -0.4 is 0 Å². The van der Waals surface area contributed by atoms with Gasteiger partial charge in [-0.2, -0.15) is 0 Å². The Morgan fingerprint density at radius 1 is 1.25 bits per heavy atom. The lowest BCUT2D eigenvalue weighted by Crippen LogP contribution is -1.89. The van der Waals surface area contributed by atoms with Gasteiger partial charge in [-0.1, -0.05) is 54.3 Å². The van der Waals surface area contributed by atoms with E-state index in [1.807, 2.05) is 24.4 Å². The topological polar surface area (TPSA) is 12.4 Å². The maximum atomic E-state index is 4.96. The van der Waals surface area contributed by atoms with Crippen molar-refractivity contribution in [2.75, 3.05) is 0 Å². The van der Waals surface area contributed by atoms with E-state index >= 15 is 0 Å². The van der Waals surface area contributed by atoms with Crippen LogP contribution in [0.2, 0.25) is 0 Å². The van der Waals surface area contributed by atoms with Crippen molar-refractivity contribution in [3.05, 3.63) is 35.9 Å². The summed E-state index contributed by atoms with van der Waals surface area (Å²) < 4.78 is 0.740. The fourth-order valence-corrected chi connectivity index (χ4v) is 2.22. The molecule has 1 atom stereocenters. The van der Waals surface area contributed by atoms with Gasteiger partial charge < -0.3 is 0 Å². The van der Waals surface area contributed by atoms with Crippen molar-refractivity contribution in [3.8, 4) is 0 Å². The molecule has 1 aliphatic heterocycles. The minimum atomic E-state index is 0.332. The molecule has 60 valence electrons. The van der Waals surface area contributed by atoms with E-state index in [2.05, 4.69) is 17.1 Å². The van der Waals surface area contributed by atoms with Crippen molar-refractivity contribution >= 4 is 34.5 Å². The van der Waals surface area contributed by atoms with E-state index in [1.165, 1.54) is 5.56 Å². The van der Waals surface area contributed by atoms with E-state index in [4.69, 9.17) is 12.2 Å². The first-order chi connectivity index (χ1) is 5.86. The predicted molar refractivity (Wildman–Crippen MR) is 57.9 cm³/mol. The Labute approximate surface area is 80.9 Å². The third kappa shape index (κ3) is 1.57. The average molecular weight is 193 g/mol. The molecule has 0 aromatic heterocycles. The summed E-state index contributed by atoms with van der Waals surface area (Å²) in [5.41, 5.74) is 1.27. The van der Waals surface area contributed by atoms with Crippen LogP contribution >= 0.6 is 24.0 Å². The maximum absolute atomic E-state index is 4.96. The highest BCUT2D eigenvalue weighted by Gasteiger charge is 2.16. The van der Waals surface area contributed by atoms with Crippen molar-refractivity contribution in [3.63, 3.8) is 0 Å². The lowest BCUT2D eigenvalue weighted by atomic mass is 10.2. The van der Waals surface area contributed by atoms with E-state index in [-0.39, 0.29) is 0 Å². The summed E-state index contributed by atoms with van der Waals surface area (Å²) in [5, 5.41) is 0.332. The second-order valence-corrected chi connectivity index (χ2v) is 4.27. The van der Waals surface area contributed by atoms with Gasteiger partial charge in [0.25, 0.3) is 0 Å². The number of thiocarbonyl (C=S) groups is 1.